The maximum Gasteiger partial charge on any atom is 0.253 e. The first-order chi connectivity index (χ1) is 16.3. The van der Waals surface area contributed by atoms with Crippen LogP contribution < -0.4 is 15.4 Å². The molecule has 0 unspecified atom stereocenters. The Kier molecular flexibility index (Phi) is 7.29. The Morgan fingerprint density at radius 2 is 2.18 bits per heavy atom. The van der Waals surface area contributed by atoms with Crippen LogP contribution in [0.3, 0.4) is 0 Å². The van der Waals surface area contributed by atoms with Crippen LogP contribution in [-0.2, 0) is 19.6 Å². The molecule has 0 aliphatic carbocycles. The molecule has 0 saturated carbocycles. The Balaban J connectivity index is 1.29. The number of aromatic nitrogens is 2. The molecule has 180 valence electrons. The van der Waals surface area contributed by atoms with Crippen LogP contribution in [0, 0.1) is 5.92 Å². The Morgan fingerprint density at radius 3 is 2.91 bits per heavy atom. The van der Waals surface area contributed by atoms with E-state index in [1.807, 2.05) is 29.6 Å². The van der Waals surface area contributed by atoms with E-state index in [-0.39, 0.29) is 12.1 Å². The smallest absolute Gasteiger partial charge is 0.253 e. The average Bonchev–Trinajstić information content (AvgIpc) is 3.58. The second-order valence-electron chi connectivity index (χ2n) is 7.83. The van der Waals surface area contributed by atoms with Gasteiger partial charge in [-0.25, -0.2) is 13.4 Å². The van der Waals surface area contributed by atoms with E-state index in [1.54, 1.807) is 0 Å². The van der Waals surface area contributed by atoms with Crippen molar-refractivity contribution in [3.63, 3.8) is 0 Å². The van der Waals surface area contributed by atoms with Gasteiger partial charge in [0.15, 0.2) is 5.13 Å². The SMILES string of the molecule is CS(=O)(=O)n1ccc(C(=O)NCC(=O)Nc2nc(-c3cccc(OC[C@H]4CCOC4)c3)cs2)c1. The van der Waals surface area contributed by atoms with Gasteiger partial charge in [0.05, 0.1) is 37.3 Å². The van der Waals surface area contributed by atoms with Crippen LogP contribution in [0.5, 0.6) is 5.75 Å². The number of amides is 2. The molecule has 1 atom stereocenters. The van der Waals surface area contributed by atoms with Crippen LogP contribution in [0.15, 0.2) is 48.1 Å². The molecule has 0 radical (unpaired) electrons. The van der Waals surface area contributed by atoms with Crippen LogP contribution in [0.4, 0.5) is 5.13 Å². The summed E-state index contributed by atoms with van der Waals surface area (Å²) in [7, 11) is -3.48. The van der Waals surface area contributed by atoms with Gasteiger partial charge in [0.1, 0.15) is 5.75 Å². The van der Waals surface area contributed by atoms with Crippen LogP contribution in [0.2, 0.25) is 0 Å². The lowest BCUT2D eigenvalue weighted by Crippen LogP contribution is -2.32. The molecule has 10 nitrogen and oxygen atoms in total. The van der Waals surface area contributed by atoms with E-state index in [4.69, 9.17) is 9.47 Å². The monoisotopic (exact) mass is 504 g/mol. The molecule has 2 N–H and O–H groups in total. The lowest BCUT2D eigenvalue weighted by atomic mass is 10.1. The molecule has 3 heterocycles. The number of hydrogen-bond donors (Lipinski definition) is 2. The van der Waals surface area contributed by atoms with Gasteiger partial charge < -0.3 is 20.1 Å². The molecule has 1 fully saturated rings. The minimum atomic E-state index is -3.48. The van der Waals surface area contributed by atoms with Gasteiger partial charge in [-0.2, -0.15) is 0 Å². The zero-order valence-electron chi connectivity index (χ0n) is 18.4. The fourth-order valence-electron chi connectivity index (χ4n) is 3.28. The lowest BCUT2D eigenvalue weighted by Gasteiger charge is -2.10. The van der Waals surface area contributed by atoms with E-state index in [9.17, 15) is 18.0 Å². The van der Waals surface area contributed by atoms with Gasteiger partial charge in [0, 0.05) is 35.9 Å². The molecular weight excluding hydrogens is 480 g/mol. The highest BCUT2D eigenvalue weighted by molar-refractivity contribution is 7.89. The average molecular weight is 505 g/mol. The fraction of sp³-hybridized carbons (Fsp3) is 0.318. The van der Waals surface area contributed by atoms with Crippen molar-refractivity contribution in [3.05, 3.63) is 53.7 Å². The predicted octanol–water partition coefficient (Wildman–Crippen LogP) is 2.20. The number of hydrogen-bond acceptors (Lipinski definition) is 8. The number of nitrogens with zero attached hydrogens (tertiary/aromatic N) is 2. The predicted molar refractivity (Wildman–Crippen MR) is 128 cm³/mol. The molecule has 12 heteroatoms. The van der Waals surface area contributed by atoms with E-state index in [1.165, 1.54) is 29.8 Å². The third-order valence-corrected chi connectivity index (χ3v) is 6.86. The van der Waals surface area contributed by atoms with Crippen molar-refractivity contribution in [1.82, 2.24) is 14.3 Å². The summed E-state index contributed by atoms with van der Waals surface area (Å²) >= 11 is 1.27. The standard InChI is InChI=1S/C22H24N4O6S2/c1-34(29,30)26-7-5-17(11-26)21(28)23-10-20(27)25-22-24-19(14-33-22)16-3-2-4-18(9-16)32-13-15-6-8-31-12-15/h2-5,7,9,11,14-15H,6,8,10,12-13H2,1H3,(H,23,28)(H,24,25,27)/t15-/m0/s1. The topological polar surface area (TPSA) is 129 Å². The molecule has 3 aromatic rings. The summed E-state index contributed by atoms with van der Waals surface area (Å²) in [6.07, 6.45) is 4.49. The third-order valence-electron chi connectivity index (χ3n) is 5.11. The van der Waals surface area contributed by atoms with E-state index >= 15 is 0 Å². The van der Waals surface area contributed by atoms with Crippen molar-refractivity contribution < 1.29 is 27.5 Å². The number of rotatable bonds is 9. The maximum atomic E-state index is 12.2. The third kappa shape index (κ3) is 6.22. The molecular formula is C22H24N4O6S2. The van der Waals surface area contributed by atoms with E-state index in [0.29, 0.717) is 23.4 Å². The summed E-state index contributed by atoms with van der Waals surface area (Å²) in [5.74, 6) is 0.145. The first-order valence-corrected chi connectivity index (χ1v) is 13.2. The summed E-state index contributed by atoms with van der Waals surface area (Å²) < 4.78 is 35.2. The molecule has 2 aromatic heterocycles. The number of nitrogens with one attached hydrogen (secondary N) is 2. The largest absolute Gasteiger partial charge is 0.493 e. The second kappa shape index (κ2) is 10.4. The summed E-state index contributed by atoms with van der Waals surface area (Å²) in [6.45, 7) is 1.82. The van der Waals surface area contributed by atoms with Crippen molar-refractivity contribution in [2.75, 3.05) is 37.9 Å². The maximum absolute atomic E-state index is 12.2. The van der Waals surface area contributed by atoms with E-state index in [0.717, 1.165) is 41.2 Å². The highest BCUT2D eigenvalue weighted by Crippen LogP contribution is 2.28. The zero-order chi connectivity index (χ0) is 24.1. The molecule has 2 amide bonds. The number of thiazole rings is 1. The van der Waals surface area contributed by atoms with Crippen molar-refractivity contribution >= 4 is 38.3 Å². The van der Waals surface area contributed by atoms with Crippen molar-refractivity contribution in [2.45, 2.75) is 6.42 Å². The highest BCUT2D eigenvalue weighted by Gasteiger charge is 2.17. The quantitative estimate of drug-likeness (QED) is 0.457. The Morgan fingerprint density at radius 1 is 1.32 bits per heavy atom. The first-order valence-electron chi connectivity index (χ1n) is 10.5. The molecule has 0 spiro atoms. The van der Waals surface area contributed by atoms with Crippen molar-refractivity contribution in [2.24, 2.45) is 5.92 Å². The molecule has 4 rings (SSSR count). The van der Waals surface area contributed by atoms with Crippen LogP contribution in [-0.4, -0.2) is 61.8 Å². The molecule has 0 bridgehead atoms. The normalized spacial score (nSPS) is 15.7. The summed E-state index contributed by atoms with van der Waals surface area (Å²) in [5, 5.41) is 7.33. The minimum Gasteiger partial charge on any atom is -0.493 e. The molecule has 1 aliphatic heterocycles. The van der Waals surface area contributed by atoms with Crippen LogP contribution >= 0.6 is 11.3 Å². The van der Waals surface area contributed by atoms with Crippen LogP contribution in [0.1, 0.15) is 16.8 Å². The number of carbonyl (C=O) groups is 2. The Hall–Kier alpha value is -3.22. The van der Waals surface area contributed by atoms with E-state index in [2.05, 4.69) is 15.6 Å². The second-order valence-corrected chi connectivity index (χ2v) is 10.6. The first kappa shape index (κ1) is 23.9. The molecule has 1 aromatic carbocycles. The number of ether oxygens (including phenoxy) is 2. The lowest BCUT2D eigenvalue weighted by molar-refractivity contribution is -0.115. The fourth-order valence-corrected chi connectivity index (χ4v) is 4.60. The Labute approximate surface area is 201 Å². The van der Waals surface area contributed by atoms with Gasteiger partial charge in [-0.3, -0.25) is 13.6 Å². The highest BCUT2D eigenvalue weighted by atomic mass is 32.2. The molecule has 34 heavy (non-hydrogen) atoms. The number of carbonyl (C=O) groups excluding carboxylic acids is 2. The minimum absolute atomic E-state index is 0.136. The summed E-state index contributed by atoms with van der Waals surface area (Å²) in [6, 6.07) is 8.95. The van der Waals surface area contributed by atoms with E-state index < -0.39 is 21.8 Å². The van der Waals surface area contributed by atoms with Gasteiger partial charge in [-0.05, 0) is 24.6 Å². The van der Waals surface area contributed by atoms with Gasteiger partial charge in [0.25, 0.3) is 5.91 Å². The van der Waals surface area contributed by atoms with Gasteiger partial charge in [0.2, 0.25) is 15.9 Å². The summed E-state index contributed by atoms with van der Waals surface area (Å²) in [4.78, 5) is 28.8. The Bertz CT molecular complexity index is 1280. The van der Waals surface area contributed by atoms with Crippen molar-refractivity contribution in [3.8, 4) is 17.0 Å². The van der Waals surface area contributed by atoms with Crippen LogP contribution in [0.25, 0.3) is 11.3 Å². The molecule has 1 aliphatic rings. The zero-order valence-corrected chi connectivity index (χ0v) is 20.0. The van der Waals surface area contributed by atoms with Gasteiger partial charge >= 0.3 is 0 Å². The van der Waals surface area contributed by atoms with Crippen molar-refractivity contribution in [1.29, 1.82) is 0 Å². The number of anilines is 1. The van der Waals surface area contributed by atoms with Gasteiger partial charge in [-0.15, -0.1) is 11.3 Å². The molecule has 1 saturated heterocycles. The summed E-state index contributed by atoms with van der Waals surface area (Å²) in [5.41, 5.74) is 1.69. The van der Waals surface area contributed by atoms with Gasteiger partial charge in [-0.1, -0.05) is 12.1 Å². The number of benzene rings is 1.